The zero-order chi connectivity index (χ0) is 19.9. The SMILES string of the molecule is CCNC(=NCc1nc(C)c(C)s1)NCCc1coc(-c2ccc(C)cc2)n1.I. The lowest BCUT2D eigenvalue weighted by Crippen LogP contribution is -2.38. The van der Waals surface area contributed by atoms with Gasteiger partial charge in [0, 0.05) is 30.0 Å². The summed E-state index contributed by atoms with van der Waals surface area (Å²) in [6.45, 7) is 10.4. The Hall–Kier alpha value is -1.94. The molecule has 2 N–H and O–H groups in total. The maximum absolute atomic E-state index is 5.62. The quantitative estimate of drug-likeness (QED) is 0.267. The number of aryl methyl sites for hydroxylation is 3. The van der Waals surface area contributed by atoms with Gasteiger partial charge >= 0.3 is 0 Å². The van der Waals surface area contributed by atoms with Gasteiger partial charge in [-0.1, -0.05) is 17.7 Å². The summed E-state index contributed by atoms with van der Waals surface area (Å²) in [7, 11) is 0. The van der Waals surface area contributed by atoms with Crippen LogP contribution in [0, 0.1) is 20.8 Å². The first-order valence-corrected chi connectivity index (χ1v) is 10.3. The Morgan fingerprint density at radius 2 is 1.86 bits per heavy atom. The van der Waals surface area contributed by atoms with E-state index in [0.29, 0.717) is 12.4 Å². The number of nitrogens with zero attached hydrogens (tertiary/aromatic N) is 3. The second-order valence-electron chi connectivity index (χ2n) is 6.63. The highest BCUT2D eigenvalue weighted by atomic mass is 127. The molecule has 8 heteroatoms. The second kappa shape index (κ2) is 11.3. The third kappa shape index (κ3) is 6.81. The molecule has 1 aromatic carbocycles. The van der Waals surface area contributed by atoms with Gasteiger partial charge in [0.1, 0.15) is 11.3 Å². The number of thiazole rings is 1. The number of aromatic nitrogens is 2. The van der Waals surface area contributed by atoms with Crippen molar-refractivity contribution in [2.24, 2.45) is 4.99 Å². The lowest BCUT2D eigenvalue weighted by Gasteiger charge is -2.10. The number of halogens is 1. The summed E-state index contributed by atoms with van der Waals surface area (Å²) in [4.78, 5) is 15.0. The lowest BCUT2D eigenvalue weighted by atomic mass is 10.1. The van der Waals surface area contributed by atoms with E-state index in [1.807, 2.05) is 19.1 Å². The lowest BCUT2D eigenvalue weighted by molar-refractivity contribution is 0.572. The van der Waals surface area contributed by atoms with E-state index >= 15 is 0 Å². The fraction of sp³-hybridized carbons (Fsp3) is 0.381. The number of nitrogens with one attached hydrogen (secondary N) is 2. The predicted octanol–water partition coefficient (Wildman–Crippen LogP) is 4.64. The zero-order valence-electron chi connectivity index (χ0n) is 17.3. The van der Waals surface area contributed by atoms with Crippen molar-refractivity contribution >= 4 is 41.3 Å². The van der Waals surface area contributed by atoms with E-state index in [2.05, 4.69) is 58.5 Å². The summed E-state index contributed by atoms with van der Waals surface area (Å²) in [5.41, 5.74) is 4.22. The highest BCUT2D eigenvalue weighted by Crippen LogP contribution is 2.19. The standard InChI is InChI=1S/C21H27N5OS.HI/c1-5-22-21(24-12-19-25-15(3)16(4)28-19)23-11-10-18-13-27-20(26-18)17-8-6-14(2)7-9-17;/h6-9,13H,5,10-12H2,1-4H3,(H2,22,23,24);1H. The van der Waals surface area contributed by atoms with Crippen LogP contribution in [-0.4, -0.2) is 29.0 Å². The number of benzene rings is 1. The fourth-order valence-corrected chi connectivity index (χ4v) is 3.51. The highest BCUT2D eigenvalue weighted by molar-refractivity contribution is 14.0. The summed E-state index contributed by atoms with van der Waals surface area (Å²) >= 11 is 1.70. The average molecular weight is 525 g/mol. The van der Waals surface area contributed by atoms with E-state index in [9.17, 15) is 0 Å². The maximum atomic E-state index is 5.62. The van der Waals surface area contributed by atoms with Crippen molar-refractivity contribution in [2.75, 3.05) is 13.1 Å². The number of aliphatic imine (C=N–C) groups is 1. The molecule has 0 bridgehead atoms. The molecular weight excluding hydrogens is 497 g/mol. The van der Waals surface area contributed by atoms with Gasteiger partial charge in [0.05, 0.1) is 17.9 Å². The zero-order valence-corrected chi connectivity index (χ0v) is 20.4. The third-order valence-electron chi connectivity index (χ3n) is 4.31. The van der Waals surface area contributed by atoms with Gasteiger partial charge in [-0.05, 0) is 39.8 Å². The number of hydrogen-bond donors (Lipinski definition) is 2. The molecule has 0 radical (unpaired) electrons. The molecule has 0 spiro atoms. The van der Waals surface area contributed by atoms with Crippen LogP contribution in [0.5, 0.6) is 0 Å². The van der Waals surface area contributed by atoms with Gasteiger partial charge in [-0.2, -0.15) is 0 Å². The van der Waals surface area contributed by atoms with Gasteiger partial charge in [0.15, 0.2) is 5.96 Å². The van der Waals surface area contributed by atoms with Crippen LogP contribution in [0.2, 0.25) is 0 Å². The number of rotatable bonds is 7. The molecule has 0 aliphatic rings. The summed E-state index contributed by atoms with van der Waals surface area (Å²) < 4.78 is 5.62. The normalized spacial score (nSPS) is 11.2. The van der Waals surface area contributed by atoms with Crippen LogP contribution in [0.3, 0.4) is 0 Å². The minimum absolute atomic E-state index is 0. The molecule has 0 unspecified atom stereocenters. The minimum atomic E-state index is 0. The van der Waals surface area contributed by atoms with Crippen molar-refractivity contribution in [2.45, 2.75) is 40.7 Å². The summed E-state index contributed by atoms with van der Waals surface area (Å²) in [6.07, 6.45) is 2.48. The molecular formula is C21H28IN5OS. The van der Waals surface area contributed by atoms with Crippen molar-refractivity contribution in [3.05, 3.63) is 57.4 Å². The molecule has 0 amide bonds. The predicted molar refractivity (Wildman–Crippen MR) is 130 cm³/mol. The molecule has 2 aromatic heterocycles. The van der Waals surface area contributed by atoms with E-state index in [-0.39, 0.29) is 24.0 Å². The van der Waals surface area contributed by atoms with Crippen LogP contribution < -0.4 is 10.6 Å². The molecule has 3 aromatic rings. The summed E-state index contributed by atoms with van der Waals surface area (Å²) in [6, 6.07) is 8.18. The minimum Gasteiger partial charge on any atom is -0.444 e. The van der Waals surface area contributed by atoms with E-state index in [1.165, 1.54) is 10.4 Å². The number of hydrogen-bond acceptors (Lipinski definition) is 5. The van der Waals surface area contributed by atoms with Crippen LogP contribution in [0.15, 0.2) is 39.9 Å². The van der Waals surface area contributed by atoms with Gasteiger partial charge in [0.25, 0.3) is 0 Å². The Bertz CT molecular complexity index is 913. The van der Waals surface area contributed by atoms with Crippen LogP contribution in [0.4, 0.5) is 0 Å². The Kier molecular flexibility index (Phi) is 9.09. The largest absolute Gasteiger partial charge is 0.444 e. The molecule has 0 saturated heterocycles. The van der Waals surface area contributed by atoms with Crippen LogP contribution >= 0.6 is 35.3 Å². The smallest absolute Gasteiger partial charge is 0.226 e. The van der Waals surface area contributed by atoms with Gasteiger partial charge in [-0.15, -0.1) is 35.3 Å². The van der Waals surface area contributed by atoms with E-state index in [1.54, 1.807) is 17.6 Å². The fourth-order valence-electron chi connectivity index (χ4n) is 2.65. The molecule has 156 valence electrons. The molecule has 2 heterocycles. The van der Waals surface area contributed by atoms with Gasteiger partial charge in [-0.3, -0.25) is 0 Å². The molecule has 3 rings (SSSR count). The van der Waals surface area contributed by atoms with E-state index in [0.717, 1.165) is 47.4 Å². The Morgan fingerprint density at radius 3 is 2.52 bits per heavy atom. The molecule has 0 saturated carbocycles. The first-order valence-electron chi connectivity index (χ1n) is 9.51. The Balaban J connectivity index is 0.00000300. The Morgan fingerprint density at radius 1 is 1.10 bits per heavy atom. The molecule has 0 aliphatic carbocycles. The topological polar surface area (TPSA) is 75.3 Å². The second-order valence-corrected chi connectivity index (χ2v) is 7.92. The third-order valence-corrected chi connectivity index (χ3v) is 5.37. The molecule has 29 heavy (non-hydrogen) atoms. The average Bonchev–Trinajstić information content (AvgIpc) is 3.27. The molecule has 0 fully saturated rings. The first-order chi connectivity index (χ1) is 13.5. The summed E-state index contributed by atoms with van der Waals surface area (Å²) in [5.74, 6) is 1.44. The Labute approximate surface area is 193 Å². The van der Waals surface area contributed by atoms with Crippen LogP contribution in [0.1, 0.15) is 33.8 Å². The van der Waals surface area contributed by atoms with Gasteiger partial charge in [0.2, 0.25) is 5.89 Å². The van der Waals surface area contributed by atoms with E-state index in [4.69, 9.17) is 4.42 Å². The van der Waals surface area contributed by atoms with Crippen molar-refractivity contribution in [3.63, 3.8) is 0 Å². The maximum Gasteiger partial charge on any atom is 0.226 e. The van der Waals surface area contributed by atoms with Gasteiger partial charge in [-0.25, -0.2) is 15.0 Å². The first kappa shape index (κ1) is 23.3. The number of oxazole rings is 1. The number of guanidine groups is 1. The molecule has 6 nitrogen and oxygen atoms in total. The van der Waals surface area contributed by atoms with Gasteiger partial charge < -0.3 is 15.1 Å². The molecule has 0 atom stereocenters. The summed E-state index contributed by atoms with van der Waals surface area (Å²) in [5, 5.41) is 7.65. The van der Waals surface area contributed by atoms with Crippen molar-refractivity contribution in [3.8, 4) is 11.5 Å². The highest BCUT2D eigenvalue weighted by Gasteiger charge is 2.07. The van der Waals surface area contributed by atoms with E-state index < -0.39 is 0 Å². The molecule has 0 aliphatic heterocycles. The van der Waals surface area contributed by atoms with Crippen LogP contribution in [0.25, 0.3) is 11.5 Å². The van der Waals surface area contributed by atoms with Crippen molar-refractivity contribution in [1.29, 1.82) is 0 Å². The van der Waals surface area contributed by atoms with Crippen LogP contribution in [-0.2, 0) is 13.0 Å². The van der Waals surface area contributed by atoms with Crippen molar-refractivity contribution in [1.82, 2.24) is 20.6 Å². The monoisotopic (exact) mass is 525 g/mol. The van der Waals surface area contributed by atoms with Crippen molar-refractivity contribution < 1.29 is 4.42 Å².